The molecule has 2 aromatic carbocycles. The van der Waals surface area contributed by atoms with Gasteiger partial charge in [-0.1, -0.05) is 18.2 Å². The number of para-hydroxylation sites is 1. The lowest BCUT2D eigenvalue weighted by Gasteiger charge is -2.30. The molecule has 5 rings (SSSR count). The molecule has 7 nitrogen and oxygen atoms in total. The Morgan fingerprint density at radius 2 is 1.49 bits per heavy atom. The van der Waals surface area contributed by atoms with Gasteiger partial charge in [0.15, 0.2) is 10.9 Å². The minimum absolute atomic E-state index is 0.533. The summed E-state index contributed by atoms with van der Waals surface area (Å²) in [5, 5.41) is 6.95. The minimum Gasteiger partial charge on any atom is -0.378 e. The summed E-state index contributed by atoms with van der Waals surface area (Å²) in [5.41, 5.74) is 5.74. The maximum absolute atomic E-state index is 5.56. The summed E-state index contributed by atoms with van der Waals surface area (Å²) in [6.07, 6.45) is 3.58. The van der Waals surface area contributed by atoms with Crippen LogP contribution < -0.4 is 15.5 Å². The molecule has 0 amide bonds. The highest BCUT2D eigenvalue weighted by atomic mass is 32.1. The molecule has 4 aromatic rings. The van der Waals surface area contributed by atoms with Crippen LogP contribution in [0.15, 0.2) is 79.1 Å². The average molecular weight is 483 g/mol. The van der Waals surface area contributed by atoms with Crippen molar-refractivity contribution in [3.63, 3.8) is 0 Å². The molecule has 0 radical (unpaired) electrons. The van der Waals surface area contributed by atoms with E-state index in [9.17, 15) is 0 Å². The molecule has 1 aliphatic heterocycles. The first-order chi connectivity index (χ1) is 17.2. The van der Waals surface area contributed by atoms with Crippen LogP contribution in [0.4, 0.5) is 17.2 Å². The molecule has 3 heterocycles. The minimum atomic E-state index is 0.533. The Balaban J connectivity index is 1.43. The SMILES string of the molecule is Cc1c(-c2ccncc2)nc(-c2ccc(NC(=S)Nc3ccccc3)cc2)nc1N1CCOCC1. The zero-order chi connectivity index (χ0) is 24.0. The Morgan fingerprint density at radius 3 is 2.17 bits per heavy atom. The second-order valence-electron chi connectivity index (χ2n) is 8.20. The van der Waals surface area contributed by atoms with Crippen LogP contribution in [-0.4, -0.2) is 46.4 Å². The lowest BCUT2D eigenvalue weighted by atomic mass is 10.1. The third-order valence-corrected chi connectivity index (χ3v) is 6.02. The van der Waals surface area contributed by atoms with E-state index in [0.29, 0.717) is 24.2 Å². The summed E-state index contributed by atoms with van der Waals surface area (Å²) in [4.78, 5) is 16.4. The van der Waals surface area contributed by atoms with Gasteiger partial charge in [-0.3, -0.25) is 4.98 Å². The fraction of sp³-hybridized carbons (Fsp3) is 0.185. The van der Waals surface area contributed by atoms with Crippen LogP contribution in [-0.2, 0) is 4.74 Å². The summed E-state index contributed by atoms with van der Waals surface area (Å²) < 4.78 is 5.56. The topological polar surface area (TPSA) is 75.2 Å². The lowest BCUT2D eigenvalue weighted by Crippen LogP contribution is -2.37. The summed E-state index contributed by atoms with van der Waals surface area (Å²) >= 11 is 5.45. The lowest BCUT2D eigenvalue weighted by molar-refractivity contribution is 0.122. The van der Waals surface area contributed by atoms with Crippen LogP contribution in [0.5, 0.6) is 0 Å². The standard InChI is InChI=1S/C27H26N6OS/c1-19-24(20-11-13-28-14-12-20)31-25(32-26(19)33-15-17-34-18-16-33)21-7-9-23(10-8-21)30-27(35)29-22-5-3-2-4-6-22/h2-14H,15-18H2,1H3,(H2,29,30,35). The van der Waals surface area contributed by atoms with Gasteiger partial charge in [0.25, 0.3) is 0 Å². The van der Waals surface area contributed by atoms with Crippen molar-refractivity contribution in [1.29, 1.82) is 0 Å². The van der Waals surface area contributed by atoms with E-state index in [2.05, 4.69) is 27.4 Å². The number of benzene rings is 2. The molecule has 0 aliphatic carbocycles. The number of nitrogens with zero attached hydrogens (tertiary/aromatic N) is 4. The fourth-order valence-corrected chi connectivity index (χ4v) is 4.26. The molecular formula is C27H26N6OS. The maximum Gasteiger partial charge on any atom is 0.175 e. The highest BCUT2D eigenvalue weighted by Crippen LogP contribution is 2.31. The van der Waals surface area contributed by atoms with Crippen LogP contribution >= 0.6 is 12.2 Å². The molecule has 1 fully saturated rings. The summed E-state index contributed by atoms with van der Waals surface area (Å²) in [6, 6.07) is 21.8. The zero-order valence-corrected chi connectivity index (χ0v) is 20.3. The Bertz CT molecular complexity index is 1290. The molecule has 0 saturated carbocycles. The van der Waals surface area contributed by atoms with Crippen LogP contribution in [0.2, 0.25) is 0 Å². The number of hydrogen-bond acceptors (Lipinski definition) is 6. The van der Waals surface area contributed by atoms with E-state index in [-0.39, 0.29) is 0 Å². The predicted molar refractivity (Wildman–Crippen MR) is 145 cm³/mol. The third-order valence-electron chi connectivity index (χ3n) is 5.82. The number of pyridine rings is 1. The molecule has 0 bridgehead atoms. The van der Waals surface area contributed by atoms with Gasteiger partial charge in [-0.2, -0.15) is 0 Å². The van der Waals surface area contributed by atoms with E-state index in [1.54, 1.807) is 12.4 Å². The van der Waals surface area contributed by atoms with Gasteiger partial charge in [-0.05, 0) is 67.7 Å². The number of ether oxygens (including phenoxy) is 1. The first-order valence-electron chi connectivity index (χ1n) is 11.5. The third kappa shape index (κ3) is 5.45. The molecule has 1 saturated heterocycles. The Morgan fingerprint density at radius 1 is 0.829 bits per heavy atom. The van der Waals surface area contributed by atoms with Gasteiger partial charge in [-0.15, -0.1) is 0 Å². The smallest absolute Gasteiger partial charge is 0.175 e. The van der Waals surface area contributed by atoms with E-state index in [4.69, 9.17) is 26.9 Å². The first kappa shape index (κ1) is 22.9. The van der Waals surface area contributed by atoms with Crippen molar-refractivity contribution >= 4 is 34.5 Å². The average Bonchev–Trinajstić information content (AvgIpc) is 2.91. The Hall–Kier alpha value is -3.88. The Kier molecular flexibility index (Phi) is 6.92. The molecule has 176 valence electrons. The normalized spacial score (nSPS) is 13.3. The molecule has 35 heavy (non-hydrogen) atoms. The van der Waals surface area contributed by atoms with Crippen LogP contribution in [0, 0.1) is 6.92 Å². The van der Waals surface area contributed by atoms with Gasteiger partial charge in [0.2, 0.25) is 0 Å². The number of aromatic nitrogens is 3. The molecule has 0 spiro atoms. The van der Waals surface area contributed by atoms with Gasteiger partial charge in [0.05, 0.1) is 18.9 Å². The number of anilines is 3. The van der Waals surface area contributed by atoms with Crippen molar-refractivity contribution in [2.45, 2.75) is 6.92 Å². The molecular weight excluding hydrogens is 456 g/mol. The van der Waals surface area contributed by atoms with Gasteiger partial charge in [-0.25, -0.2) is 9.97 Å². The van der Waals surface area contributed by atoms with Gasteiger partial charge >= 0.3 is 0 Å². The van der Waals surface area contributed by atoms with E-state index < -0.39 is 0 Å². The zero-order valence-electron chi connectivity index (χ0n) is 19.4. The number of thiocarbonyl (C=S) groups is 1. The summed E-state index contributed by atoms with van der Waals surface area (Å²) in [6.45, 7) is 5.09. The number of rotatable bonds is 5. The van der Waals surface area contributed by atoms with Gasteiger partial charge in [0.1, 0.15) is 5.82 Å². The van der Waals surface area contributed by atoms with Crippen LogP contribution in [0.1, 0.15) is 5.56 Å². The van der Waals surface area contributed by atoms with Crippen molar-refractivity contribution in [2.24, 2.45) is 0 Å². The monoisotopic (exact) mass is 482 g/mol. The van der Waals surface area contributed by atoms with E-state index >= 15 is 0 Å². The quantitative estimate of drug-likeness (QED) is 0.378. The van der Waals surface area contributed by atoms with E-state index in [0.717, 1.165) is 52.7 Å². The van der Waals surface area contributed by atoms with E-state index in [1.807, 2.05) is 66.7 Å². The van der Waals surface area contributed by atoms with Crippen molar-refractivity contribution in [2.75, 3.05) is 41.8 Å². The van der Waals surface area contributed by atoms with Crippen LogP contribution in [0.25, 0.3) is 22.6 Å². The van der Waals surface area contributed by atoms with Crippen molar-refractivity contribution in [3.05, 3.63) is 84.7 Å². The summed E-state index contributed by atoms with van der Waals surface area (Å²) in [7, 11) is 0. The first-order valence-corrected chi connectivity index (χ1v) is 11.9. The molecule has 1 aliphatic rings. The van der Waals surface area contributed by atoms with Crippen LogP contribution in [0.3, 0.4) is 0 Å². The van der Waals surface area contributed by atoms with Gasteiger partial charge < -0.3 is 20.3 Å². The molecule has 8 heteroatoms. The fourth-order valence-electron chi connectivity index (χ4n) is 4.03. The van der Waals surface area contributed by atoms with Crippen molar-refractivity contribution < 1.29 is 4.74 Å². The number of hydrogen-bond donors (Lipinski definition) is 2. The predicted octanol–water partition coefficient (Wildman–Crippen LogP) is 5.16. The Labute approximate surface area is 210 Å². The van der Waals surface area contributed by atoms with E-state index in [1.165, 1.54) is 0 Å². The second kappa shape index (κ2) is 10.6. The second-order valence-corrected chi connectivity index (χ2v) is 8.61. The van der Waals surface area contributed by atoms with Crippen molar-refractivity contribution in [3.8, 4) is 22.6 Å². The number of nitrogens with one attached hydrogen (secondary N) is 2. The highest BCUT2D eigenvalue weighted by Gasteiger charge is 2.20. The highest BCUT2D eigenvalue weighted by molar-refractivity contribution is 7.80. The molecule has 0 atom stereocenters. The molecule has 0 unspecified atom stereocenters. The molecule has 2 N–H and O–H groups in total. The maximum atomic E-state index is 5.56. The largest absolute Gasteiger partial charge is 0.378 e. The molecule has 2 aromatic heterocycles. The summed E-state index contributed by atoms with van der Waals surface area (Å²) in [5.74, 6) is 1.63. The van der Waals surface area contributed by atoms with Crippen molar-refractivity contribution in [1.82, 2.24) is 15.0 Å². The van der Waals surface area contributed by atoms with Gasteiger partial charge in [0, 0.05) is 53.5 Å². The number of morpholine rings is 1.